The van der Waals surface area contributed by atoms with Crippen LogP contribution in [-0.4, -0.2) is 17.2 Å². The third-order valence-corrected chi connectivity index (χ3v) is 10.3. The fraction of sp³-hybridized carbons (Fsp3) is 0.143. The fourth-order valence-corrected chi connectivity index (χ4v) is 7.54. The largest absolute Gasteiger partial charge is 0.488 e. The second-order valence-electron chi connectivity index (χ2n) is 13.4. The van der Waals surface area contributed by atoms with Gasteiger partial charge in [0.15, 0.2) is 0 Å². The minimum atomic E-state index is -1.45. The molecule has 249 valence electrons. The summed E-state index contributed by atoms with van der Waals surface area (Å²) >= 11 is 3.53. The number of anilines is 6. The molecule has 1 radical (unpaired) electrons. The van der Waals surface area contributed by atoms with Gasteiger partial charge in [0, 0.05) is 66.3 Å². The summed E-state index contributed by atoms with van der Waals surface area (Å²) in [5.41, 5.74) is 12.7. The van der Waals surface area contributed by atoms with Gasteiger partial charge >= 0.3 is 7.12 Å². The van der Waals surface area contributed by atoms with Gasteiger partial charge < -0.3 is 19.8 Å². The summed E-state index contributed by atoms with van der Waals surface area (Å²) in [5, 5.41) is 18.7. The summed E-state index contributed by atoms with van der Waals surface area (Å²) in [6.07, 6.45) is 0. The monoisotopic (exact) mass is 927 g/mol. The molecule has 0 spiro atoms. The van der Waals surface area contributed by atoms with Crippen molar-refractivity contribution in [3.63, 3.8) is 0 Å². The fourth-order valence-electron chi connectivity index (χ4n) is 7.28. The zero-order chi connectivity index (χ0) is 33.6. The molecule has 4 nitrogen and oxygen atoms in total. The van der Waals surface area contributed by atoms with E-state index in [1.54, 1.807) is 12.1 Å². The van der Waals surface area contributed by atoms with Crippen molar-refractivity contribution < 1.29 is 49.7 Å². The summed E-state index contributed by atoms with van der Waals surface area (Å²) in [5.74, 6) is 0. The Morgan fingerprint density at radius 1 is 0.460 bits per heavy atom. The molecule has 2 aliphatic rings. The first kappa shape index (κ1) is 37.9. The molecular formula is C42H38BBrN2O2VW. The van der Waals surface area contributed by atoms with E-state index in [-0.39, 0.29) is 50.5 Å². The van der Waals surface area contributed by atoms with Crippen molar-refractivity contribution in [2.24, 2.45) is 0 Å². The molecule has 0 aliphatic carbocycles. The maximum Gasteiger partial charge on any atom is 0.488 e. The van der Waals surface area contributed by atoms with Gasteiger partial charge in [-0.2, -0.15) is 0 Å². The van der Waals surface area contributed by atoms with E-state index in [1.807, 2.05) is 12.1 Å². The summed E-state index contributed by atoms with van der Waals surface area (Å²) in [4.78, 5) is 4.60. The molecule has 2 aliphatic heterocycles. The van der Waals surface area contributed by atoms with E-state index >= 15 is 0 Å². The summed E-state index contributed by atoms with van der Waals surface area (Å²) < 4.78 is 1.10. The zero-order valence-electron chi connectivity index (χ0n) is 28.5. The molecule has 0 bridgehead atoms. The number of nitrogens with zero attached hydrogens (tertiary/aromatic N) is 2. The molecule has 0 amide bonds. The standard InChI is InChI=1S/C21H20BNO2.C21H18BrN.V.W/c1-21(2)17-7-3-5-9-19(17)23(20-10-6-4-8-18(20)21)16-13-11-15(12-14-16)22(24)25;1-21(2)17-7-3-5-9-19(17)23(16-13-11-15(22)12-14-16)20-10-6-4-8-18(20)21;;/h3-14,24-25H,1-2H3;3-14H,1-2H3;;. The Bertz CT molecular complexity index is 2010. The topological polar surface area (TPSA) is 46.9 Å². The SMILES string of the molecule is CC1(C)c2ccccc2N(c2ccc(B(O)O)cc2)c2ccccc21.CC1(C)c2ccccc2N(c2ccc(Br)cc2)c2ccccc21.[V].[W]. The van der Waals surface area contributed by atoms with Crippen LogP contribution in [0.25, 0.3) is 0 Å². The number of halogens is 1. The van der Waals surface area contributed by atoms with Crippen molar-refractivity contribution in [1.82, 2.24) is 0 Å². The quantitative estimate of drug-likeness (QED) is 0.174. The van der Waals surface area contributed by atoms with Crippen LogP contribution in [0.5, 0.6) is 0 Å². The number of para-hydroxylation sites is 4. The Morgan fingerprint density at radius 2 is 0.740 bits per heavy atom. The van der Waals surface area contributed by atoms with Crippen LogP contribution in [0.15, 0.2) is 150 Å². The Balaban J connectivity index is 0.000000187. The molecule has 6 aromatic rings. The minimum absolute atomic E-state index is 0. The summed E-state index contributed by atoms with van der Waals surface area (Å²) in [6, 6.07) is 50.3. The Kier molecular flexibility index (Phi) is 11.4. The number of hydrogen-bond donors (Lipinski definition) is 2. The van der Waals surface area contributed by atoms with Crippen molar-refractivity contribution in [2.45, 2.75) is 38.5 Å². The molecule has 8 heteroatoms. The van der Waals surface area contributed by atoms with Crippen LogP contribution in [0.2, 0.25) is 0 Å². The van der Waals surface area contributed by atoms with Gasteiger partial charge in [0.2, 0.25) is 0 Å². The molecule has 0 saturated carbocycles. The second-order valence-corrected chi connectivity index (χ2v) is 14.3. The predicted molar refractivity (Wildman–Crippen MR) is 204 cm³/mol. The average Bonchev–Trinajstić information content (AvgIpc) is 3.10. The Hall–Kier alpha value is -3.34. The predicted octanol–water partition coefficient (Wildman–Crippen LogP) is 10.0. The van der Waals surface area contributed by atoms with Crippen LogP contribution in [0.4, 0.5) is 34.1 Å². The number of benzene rings is 6. The third-order valence-electron chi connectivity index (χ3n) is 9.81. The van der Waals surface area contributed by atoms with E-state index in [0.29, 0.717) is 5.46 Å². The molecule has 0 saturated heterocycles. The molecule has 0 aromatic heterocycles. The van der Waals surface area contributed by atoms with Gasteiger partial charge in [-0.25, -0.2) is 0 Å². The van der Waals surface area contributed by atoms with E-state index in [2.05, 4.69) is 175 Å². The van der Waals surface area contributed by atoms with Crippen molar-refractivity contribution >= 4 is 62.6 Å². The Morgan fingerprint density at radius 3 is 1.04 bits per heavy atom. The second kappa shape index (κ2) is 15.1. The van der Waals surface area contributed by atoms with E-state index < -0.39 is 7.12 Å². The first-order chi connectivity index (χ1) is 23.1. The number of rotatable bonds is 3. The van der Waals surface area contributed by atoms with Crippen molar-refractivity contribution in [2.75, 3.05) is 9.80 Å². The van der Waals surface area contributed by atoms with Gasteiger partial charge in [0.05, 0.1) is 22.7 Å². The molecule has 50 heavy (non-hydrogen) atoms. The normalized spacial score (nSPS) is 14.2. The van der Waals surface area contributed by atoms with Crippen LogP contribution in [0.3, 0.4) is 0 Å². The van der Waals surface area contributed by atoms with Crippen LogP contribution in [0, 0.1) is 0 Å². The molecular weight excluding hydrogens is 890 g/mol. The zero-order valence-corrected chi connectivity index (χ0v) is 34.4. The maximum absolute atomic E-state index is 9.35. The van der Waals surface area contributed by atoms with E-state index in [1.165, 1.54) is 39.3 Å². The number of fused-ring (bicyclic) bond motifs is 4. The third kappa shape index (κ3) is 6.71. The maximum atomic E-state index is 9.35. The van der Waals surface area contributed by atoms with Gasteiger partial charge in [-0.1, -0.05) is 129 Å². The average molecular weight is 928 g/mol. The van der Waals surface area contributed by atoms with Gasteiger partial charge in [-0.05, 0) is 88.4 Å². The molecule has 8 rings (SSSR count). The molecule has 2 heterocycles. The van der Waals surface area contributed by atoms with E-state index in [9.17, 15) is 10.0 Å². The number of hydrogen-bond acceptors (Lipinski definition) is 4. The van der Waals surface area contributed by atoms with Crippen LogP contribution in [0.1, 0.15) is 49.9 Å². The summed E-state index contributed by atoms with van der Waals surface area (Å²) in [6.45, 7) is 9.13. The van der Waals surface area contributed by atoms with Crippen molar-refractivity contribution in [3.05, 3.63) is 172 Å². The van der Waals surface area contributed by atoms with Crippen LogP contribution < -0.4 is 15.3 Å². The molecule has 0 atom stereocenters. The van der Waals surface area contributed by atoms with Gasteiger partial charge in [0.25, 0.3) is 0 Å². The van der Waals surface area contributed by atoms with Gasteiger partial charge in [-0.15, -0.1) is 0 Å². The molecule has 0 fully saturated rings. The van der Waals surface area contributed by atoms with Gasteiger partial charge in [0.1, 0.15) is 0 Å². The molecule has 2 N–H and O–H groups in total. The first-order valence-electron chi connectivity index (χ1n) is 16.3. The Labute approximate surface area is 330 Å². The van der Waals surface area contributed by atoms with E-state index in [0.717, 1.165) is 21.5 Å². The first-order valence-corrected chi connectivity index (χ1v) is 17.1. The van der Waals surface area contributed by atoms with E-state index in [4.69, 9.17) is 0 Å². The van der Waals surface area contributed by atoms with Crippen LogP contribution >= 0.6 is 15.9 Å². The summed E-state index contributed by atoms with van der Waals surface area (Å²) in [7, 11) is -1.45. The molecule has 0 unspecified atom stereocenters. The smallest absolute Gasteiger partial charge is 0.423 e. The van der Waals surface area contributed by atoms with Crippen molar-refractivity contribution in [3.8, 4) is 0 Å². The van der Waals surface area contributed by atoms with Gasteiger partial charge in [-0.3, -0.25) is 0 Å². The van der Waals surface area contributed by atoms with Crippen molar-refractivity contribution in [1.29, 1.82) is 0 Å². The minimum Gasteiger partial charge on any atom is -0.423 e. The molecule has 6 aromatic carbocycles. The van der Waals surface area contributed by atoms with Crippen LogP contribution in [-0.2, 0) is 50.5 Å².